The summed E-state index contributed by atoms with van der Waals surface area (Å²) in [5.41, 5.74) is 15.8. The number of nitrogen functional groups attached to an aromatic ring is 2. The van der Waals surface area contributed by atoms with Gasteiger partial charge < -0.3 is 11.5 Å². The van der Waals surface area contributed by atoms with Crippen molar-refractivity contribution in [2.24, 2.45) is 0 Å². The monoisotopic (exact) mass is 347 g/mol. The Morgan fingerprint density at radius 3 is 2.26 bits per heavy atom. The molecular formula is C16H15Cl2N5. The lowest BCUT2D eigenvalue weighted by Crippen LogP contribution is -2.07. The average Bonchev–Trinajstić information content (AvgIpc) is 2.44. The fraction of sp³-hybridized carbons (Fsp3) is 0.188. The highest BCUT2D eigenvalue weighted by Crippen LogP contribution is 2.32. The predicted octanol–water partition coefficient (Wildman–Crippen LogP) is 3.70. The smallest absolute Gasteiger partial charge is 0.224 e. The van der Waals surface area contributed by atoms with Crippen LogP contribution < -0.4 is 11.5 Å². The lowest BCUT2D eigenvalue weighted by Gasteiger charge is -2.15. The second-order valence-electron chi connectivity index (χ2n) is 5.34. The van der Waals surface area contributed by atoms with Gasteiger partial charge in [-0.3, -0.25) is 0 Å². The van der Waals surface area contributed by atoms with Crippen molar-refractivity contribution < 1.29 is 0 Å². The van der Waals surface area contributed by atoms with E-state index in [0.29, 0.717) is 33.3 Å². The highest BCUT2D eigenvalue weighted by molar-refractivity contribution is 6.36. The molecule has 2 heterocycles. The van der Waals surface area contributed by atoms with E-state index in [0.717, 1.165) is 22.4 Å². The van der Waals surface area contributed by atoms with Crippen molar-refractivity contribution in [2.75, 3.05) is 11.5 Å². The molecule has 0 unspecified atom stereocenters. The maximum absolute atomic E-state index is 6.28. The molecule has 2 aromatic heterocycles. The second kappa shape index (κ2) is 5.83. The van der Waals surface area contributed by atoms with Crippen molar-refractivity contribution in [2.45, 2.75) is 20.3 Å². The fourth-order valence-electron chi connectivity index (χ4n) is 2.71. The number of anilines is 2. The molecule has 118 valence electrons. The molecule has 5 nitrogen and oxygen atoms in total. The van der Waals surface area contributed by atoms with Crippen LogP contribution in [-0.2, 0) is 6.42 Å². The normalized spacial score (nSPS) is 11.1. The number of fused-ring (bicyclic) bond motifs is 1. The van der Waals surface area contributed by atoms with Crippen LogP contribution in [0.2, 0.25) is 10.0 Å². The first-order valence-corrected chi connectivity index (χ1v) is 7.75. The van der Waals surface area contributed by atoms with Gasteiger partial charge in [0.2, 0.25) is 5.95 Å². The van der Waals surface area contributed by atoms with Gasteiger partial charge in [-0.05, 0) is 42.7 Å². The molecule has 0 aliphatic heterocycles. The van der Waals surface area contributed by atoms with Crippen LogP contribution in [-0.4, -0.2) is 15.0 Å². The summed E-state index contributed by atoms with van der Waals surface area (Å²) in [6.07, 6.45) is 0.558. The highest BCUT2D eigenvalue weighted by Gasteiger charge is 2.16. The van der Waals surface area contributed by atoms with Crippen LogP contribution in [0.5, 0.6) is 0 Å². The third-order valence-electron chi connectivity index (χ3n) is 3.89. The Morgan fingerprint density at radius 2 is 1.61 bits per heavy atom. The molecule has 0 bridgehead atoms. The Balaban J connectivity index is 2.22. The summed E-state index contributed by atoms with van der Waals surface area (Å²) in [4.78, 5) is 12.7. The number of hydrogen-bond donors (Lipinski definition) is 2. The summed E-state index contributed by atoms with van der Waals surface area (Å²) in [5.74, 6) is 0.437. The van der Waals surface area contributed by atoms with Crippen LogP contribution in [0.15, 0.2) is 18.2 Å². The van der Waals surface area contributed by atoms with Gasteiger partial charge in [-0.1, -0.05) is 29.3 Å². The maximum atomic E-state index is 6.28. The summed E-state index contributed by atoms with van der Waals surface area (Å²) in [6.45, 7) is 3.88. The summed E-state index contributed by atoms with van der Waals surface area (Å²) >= 11 is 12.6. The Labute approximate surface area is 143 Å². The number of rotatable bonds is 2. The number of aromatic nitrogens is 3. The zero-order chi connectivity index (χ0) is 16.7. The number of aryl methyl sites for hydroxylation is 2. The number of hydrogen-bond acceptors (Lipinski definition) is 5. The summed E-state index contributed by atoms with van der Waals surface area (Å²) < 4.78 is 0. The van der Waals surface area contributed by atoms with Gasteiger partial charge in [0.15, 0.2) is 5.65 Å². The SMILES string of the molecule is Cc1nc2nc(N)nc(N)c2c(C)c1Cc1c(Cl)cccc1Cl. The van der Waals surface area contributed by atoms with Gasteiger partial charge in [0.1, 0.15) is 5.82 Å². The Bertz CT molecular complexity index is 904. The molecule has 3 rings (SSSR count). The molecule has 0 aliphatic carbocycles. The van der Waals surface area contributed by atoms with Gasteiger partial charge in [0, 0.05) is 22.2 Å². The second-order valence-corrected chi connectivity index (χ2v) is 6.16. The van der Waals surface area contributed by atoms with E-state index in [-0.39, 0.29) is 5.95 Å². The Kier molecular flexibility index (Phi) is 4.00. The van der Waals surface area contributed by atoms with Crippen LogP contribution >= 0.6 is 23.2 Å². The predicted molar refractivity (Wildman–Crippen MR) is 94.9 cm³/mol. The third-order valence-corrected chi connectivity index (χ3v) is 4.60. The molecule has 0 fully saturated rings. The van der Waals surface area contributed by atoms with Gasteiger partial charge in [-0.2, -0.15) is 9.97 Å². The van der Waals surface area contributed by atoms with Gasteiger partial charge in [0.25, 0.3) is 0 Å². The minimum atomic E-state index is 0.114. The van der Waals surface area contributed by atoms with Gasteiger partial charge in [0.05, 0.1) is 5.39 Å². The number of benzene rings is 1. The van der Waals surface area contributed by atoms with Gasteiger partial charge in [-0.15, -0.1) is 0 Å². The largest absolute Gasteiger partial charge is 0.383 e. The van der Waals surface area contributed by atoms with E-state index in [4.69, 9.17) is 34.7 Å². The molecule has 4 N–H and O–H groups in total. The van der Waals surface area contributed by atoms with E-state index < -0.39 is 0 Å². The zero-order valence-corrected chi connectivity index (χ0v) is 14.2. The fourth-order valence-corrected chi connectivity index (χ4v) is 3.24. The zero-order valence-electron chi connectivity index (χ0n) is 12.7. The molecular weight excluding hydrogens is 333 g/mol. The van der Waals surface area contributed by atoms with E-state index >= 15 is 0 Å². The number of halogens is 2. The quantitative estimate of drug-likeness (QED) is 0.737. The standard InChI is InChI=1S/C16H15Cl2N5/c1-7-9(6-10-11(17)4-3-5-12(10)18)8(2)21-15-13(7)14(19)22-16(20)23-15/h3-5H,6H2,1-2H3,(H4,19,20,21,22,23). The Hall–Kier alpha value is -2.11. The summed E-state index contributed by atoms with van der Waals surface area (Å²) in [5, 5.41) is 1.96. The lowest BCUT2D eigenvalue weighted by molar-refractivity contribution is 1.06. The molecule has 3 aromatic rings. The number of pyridine rings is 1. The van der Waals surface area contributed by atoms with E-state index in [1.54, 1.807) is 0 Å². The molecule has 0 atom stereocenters. The molecule has 0 saturated heterocycles. The minimum absolute atomic E-state index is 0.114. The van der Waals surface area contributed by atoms with Crippen LogP contribution in [0.25, 0.3) is 11.0 Å². The molecule has 23 heavy (non-hydrogen) atoms. The summed E-state index contributed by atoms with van der Waals surface area (Å²) in [6, 6.07) is 5.46. The number of nitrogens with two attached hydrogens (primary N) is 2. The molecule has 7 heteroatoms. The molecule has 0 spiro atoms. The lowest BCUT2D eigenvalue weighted by atomic mass is 9.97. The maximum Gasteiger partial charge on any atom is 0.224 e. The van der Waals surface area contributed by atoms with E-state index in [1.807, 2.05) is 32.0 Å². The molecule has 0 radical (unpaired) electrons. The Morgan fingerprint density at radius 1 is 0.957 bits per heavy atom. The van der Waals surface area contributed by atoms with Crippen molar-refractivity contribution in [3.63, 3.8) is 0 Å². The highest BCUT2D eigenvalue weighted by atomic mass is 35.5. The van der Waals surface area contributed by atoms with Crippen LogP contribution in [0.4, 0.5) is 11.8 Å². The minimum Gasteiger partial charge on any atom is -0.383 e. The van der Waals surface area contributed by atoms with Gasteiger partial charge >= 0.3 is 0 Å². The third kappa shape index (κ3) is 2.78. The van der Waals surface area contributed by atoms with Crippen molar-refractivity contribution in [1.82, 2.24) is 15.0 Å². The molecule has 0 aliphatic rings. The van der Waals surface area contributed by atoms with Crippen molar-refractivity contribution in [3.8, 4) is 0 Å². The van der Waals surface area contributed by atoms with E-state index in [9.17, 15) is 0 Å². The number of nitrogens with zero attached hydrogens (tertiary/aromatic N) is 3. The van der Waals surface area contributed by atoms with Crippen LogP contribution in [0, 0.1) is 13.8 Å². The first-order valence-electron chi connectivity index (χ1n) is 7.00. The first kappa shape index (κ1) is 15.8. The molecule has 0 amide bonds. The molecule has 0 saturated carbocycles. The van der Waals surface area contributed by atoms with E-state index in [1.165, 1.54) is 0 Å². The van der Waals surface area contributed by atoms with Gasteiger partial charge in [-0.25, -0.2) is 4.98 Å². The molecule has 1 aromatic carbocycles. The van der Waals surface area contributed by atoms with Crippen molar-refractivity contribution >= 4 is 46.0 Å². The summed E-state index contributed by atoms with van der Waals surface area (Å²) in [7, 11) is 0. The van der Waals surface area contributed by atoms with Crippen molar-refractivity contribution in [3.05, 3.63) is 50.6 Å². The van der Waals surface area contributed by atoms with Crippen molar-refractivity contribution in [1.29, 1.82) is 0 Å². The van der Waals surface area contributed by atoms with Crippen LogP contribution in [0.1, 0.15) is 22.4 Å². The topological polar surface area (TPSA) is 90.7 Å². The average molecular weight is 348 g/mol. The van der Waals surface area contributed by atoms with Crippen LogP contribution in [0.3, 0.4) is 0 Å². The van der Waals surface area contributed by atoms with E-state index in [2.05, 4.69) is 15.0 Å². The first-order chi connectivity index (χ1) is 10.9.